The summed E-state index contributed by atoms with van der Waals surface area (Å²) in [4.78, 5) is 0. The summed E-state index contributed by atoms with van der Waals surface area (Å²) in [6.45, 7) is 10.7. The molecule has 0 amide bonds. The number of rotatable bonds is 8. The molecule has 1 aromatic carbocycles. The van der Waals surface area contributed by atoms with Crippen LogP contribution in [0.1, 0.15) is 45.8 Å². The average Bonchev–Trinajstić information content (AvgIpc) is 2.38. The third kappa shape index (κ3) is 5.65. The maximum absolute atomic E-state index is 6.10. The van der Waals surface area contributed by atoms with Crippen molar-refractivity contribution in [2.24, 2.45) is 5.92 Å². The predicted molar refractivity (Wildman–Crippen MR) is 77.7 cm³/mol. The van der Waals surface area contributed by atoms with E-state index in [2.05, 4.69) is 57.3 Å². The molecule has 2 unspecified atom stereocenters. The first-order chi connectivity index (χ1) is 8.63. The first kappa shape index (κ1) is 15.2. The Morgan fingerprint density at radius 2 is 1.72 bits per heavy atom. The van der Waals surface area contributed by atoms with E-state index in [9.17, 15) is 0 Å². The molecule has 0 fully saturated rings. The minimum absolute atomic E-state index is 0.164. The molecule has 0 spiro atoms. The topological polar surface area (TPSA) is 21.3 Å². The maximum atomic E-state index is 6.10. The van der Waals surface area contributed by atoms with Gasteiger partial charge in [-0.05, 0) is 31.4 Å². The summed E-state index contributed by atoms with van der Waals surface area (Å²) in [5.74, 6) is 0.689. The van der Waals surface area contributed by atoms with Crippen LogP contribution in [-0.4, -0.2) is 19.2 Å². The largest absolute Gasteiger partial charge is 0.369 e. The second-order valence-corrected chi connectivity index (χ2v) is 5.27. The summed E-state index contributed by atoms with van der Waals surface area (Å²) in [5.41, 5.74) is 1.25. The lowest BCUT2D eigenvalue weighted by molar-refractivity contribution is -0.00473. The van der Waals surface area contributed by atoms with Crippen LogP contribution in [0.2, 0.25) is 0 Å². The molecule has 1 aromatic rings. The smallest absolute Gasteiger partial charge is 0.0801 e. The van der Waals surface area contributed by atoms with Crippen LogP contribution < -0.4 is 5.32 Å². The molecule has 102 valence electrons. The van der Waals surface area contributed by atoms with Crippen molar-refractivity contribution in [1.29, 1.82) is 0 Å². The van der Waals surface area contributed by atoms with Crippen molar-refractivity contribution < 1.29 is 4.74 Å². The Hall–Kier alpha value is -0.860. The van der Waals surface area contributed by atoms with E-state index >= 15 is 0 Å². The van der Waals surface area contributed by atoms with Gasteiger partial charge in [0, 0.05) is 6.54 Å². The van der Waals surface area contributed by atoms with Crippen molar-refractivity contribution in [2.75, 3.05) is 13.1 Å². The molecule has 0 saturated heterocycles. The number of benzene rings is 1. The maximum Gasteiger partial charge on any atom is 0.0801 e. The summed E-state index contributed by atoms with van der Waals surface area (Å²) >= 11 is 0. The van der Waals surface area contributed by atoms with E-state index in [1.807, 2.05) is 6.07 Å². The van der Waals surface area contributed by atoms with Gasteiger partial charge in [-0.25, -0.2) is 0 Å². The van der Waals surface area contributed by atoms with Crippen molar-refractivity contribution >= 4 is 0 Å². The second kappa shape index (κ2) is 8.28. The van der Waals surface area contributed by atoms with E-state index in [1.165, 1.54) is 5.56 Å². The van der Waals surface area contributed by atoms with Gasteiger partial charge in [-0.15, -0.1) is 0 Å². The number of hydrogen-bond acceptors (Lipinski definition) is 2. The Kier molecular flexibility index (Phi) is 6.99. The molecule has 18 heavy (non-hydrogen) atoms. The Balaban J connectivity index is 2.38. The van der Waals surface area contributed by atoms with Gasteiger partial charge in [-0.2, -0.15) is 0 Å². The minimum Gasteiger partial charge on any atom is -0.369 e. The normalized spacial score (nSPS) is 14.7. The molecule has 2 nitrogen and oxygen atoms in total. The molecule has 0 aromatic heterocycles. The van der Waals surface area contributed by atoms with Crippen molar-refractivity contribution in [2.45, 2.75) is 46.3 Å². The van der Waals surface area contributed by atoms with Crippen molar-refractivity contribution in [3.05, 3.63) is 35.9 Å². The molecule has 0 bridgehead atoms. The molecule has 0 aliphatic carbocycles. The SMILES string of the molecule is CCC(CNCC(C)C)OC(C)c1ccccc1. The summed E-state index contributed by atoms with van der Waals surface area (Å²) in [6.07, 6.45) is 1.50. The van der Waals surface area contributed by atoms with Gasteiger partial charge in [-0.1, -0.05) is 51.1 Å². The van der Waals surface area contributed by atoms with Crippen LogP contribution in [0.15, 0.2) is 30.3 Å². The molecule has 0 aliphatic rings. The van der Waals surface area contributed by atoms with Crippen molar-refractivity contribution in [3.63, 3.8) is 0 Å². The summed E-state index contributed by atoms with van der Waals surface area (Å²) in [7, 11) is 0. The molecule has 0 aliphatic heterocycles. The highest BCUT2D eigenvalue weighted by molar-refractivity contribution is 5.16. The quantitative estimate of drug-likeness (QED) is 0.757. The Morgan fingerprint density at radius 3 is 2.28 bits per heavy atom. The molecule has 0 heterocycles. The summed E-state index contributed by atoms with van der Waals surface area (Å²) in [6, 6.07) is 10.4. The highest BCUT2D eigenvalue weighted by Crippen LogP contribution is 2.18. The fourth-order valence-electron chi connectivity index (χ4n) is 1.91. The van der Waals surface area contributed by atoms with Gasteiger partial charge in [0.15, 0.2) is 0 Å². The molecule has 0 saturated carbocycles. The molecular formula is C16H27NO. The van der Waals surface area contributed by atoms with Gasteiger partial charge in [0.1, 0.15) is 0 Å². The standard InChI is InChI=1S/C16H27NO/c1-5-16(12-17-11-13(2)3)18-14(4)15-9-7-6-8-10-15/h6-10,13-14,16-17H,5,11-12H2,1-4H3. The van der Waals surface area contributed by atoms with Gasteiger partial charge in [0.2, 0.25) is 0 Å². The zero-order valence-electron chi connectivity index (χ0n) is 12.1. The highest BCUT2D eigenvalue weighted by Gasteiger charge is 2.12. The fourth-order valence-corrected chi connectivity index (χ4v) is 1.91. The first-order valence-electron chi connectivity index (χ1n) is 7.04. The van der Waals surface area contributed by atoms with Crippen LogP contribution in [0, 0.1) is 5.92 Å². The van der Waals surface area contributed by atoms with Crippen LogP contribution in [0.5, 0.6) is 0 Å². The molecule has 2 atom stereocenters. The number of hydrogen-bond donors (Lipinski definition) is 1. The number of nitrogens with one attached hydrogen (secondary N) is 1. The van der Waals surface area contributed by atoms with E-state index in [4.69, 9.17) is 4.74 Å². The van der Waals surface area contributed by atoms with Crippen LogP contribution in [0.4, 0.5) is 0 Å². The Bertz CT molecular complexity index is 310. The summed E-state index contributed by atoms with van der Waals surface area (Å²) in [5, 5.41) is 3.47. The second-order valence-electron chi connectivity index (χ2n) is 5.27. The summed E-state index contributed by atoms with van der Waals surface area (Å²) < 4.78 is 6.10. The van der Waals surface area contributed by atoms with Crippen LogP contribution in [0.25, 0.3) is 0 Å². The highest BCUT2D eigenvalue weighted by atomic mass is 16.5. The third-order valence-corrected chi connectivity index (χ3v) is 3.05. The Labute approximate surface area is 112 Å². The zero-order chi connectivity index (χ0) is 13.4. The Morgan fingerprint density at radius 1 is 1.06 bits per heavy atom. The third-order valence-electron chi connectivity index (χ3n) is 3.05. The van der Waals surface area contributed by atoms with E-state index in [1.54, 1.807) is 0 Å². The fraction of sp³-hybridized carbons (Fsp3) is 0.625. The molecule has 1 rings (SSSR count). The van der Waals surface area contributed by atoms with Gasteiger partial charge < -0.3 is 10.1 Å². The van der Waals surface area contributed by atoms with Gasteiger partial charge in [-0.3, -0.25) is 0 Å². The van der Waals surface area contributed by atoms with Crippen LogP contribution in [0.3, 0.4) is 0 Å². The number of ether oxygens (including phenoxy) is 1. The van der Waals surface area contributed by atoms with Crippen LogP contribution >= 0.6 is 0 Å². The molecule has 1 N–H and O–H groups in total. The van der Waals surface area contributed by atoms with E-state index in [0.717, 1.165) is 19.5 Å². The molecule has 2 heteroatoms. The van der Waals surface area contributed by atoms with Gasteiger partial charge in [0.05, 0.1) is 12.2 Å². The monoisotopic (exact) mass is 249 g/mol. The van der Waals surface area contributed by atoms with E-state index in [-0.39, 0.29) is 6.10 Å². The van der Waals surface area contributed by atoms with Crippen LogP contribution in [-0.2, 0) is 4.74 Å². The van der Waals surface area contributed by atoms with Gasteiger partial charge >= 0.3 is 0 Å². The lowest BCUT2D eigenvalue weighted by Crippen LogP contribution is -2.31. The van der Waals surface area contributed by atoms with Crippen molar-refractivity contribution in [3.8, 4) is 0 Å². The molecular weight excluding hydrogens is 222 g/mol. The lowest BCUT2D eigenvalue weighted by atomic mass is 10.1. The molecule has 0 radical (unpaired) electrons. The zero-order valence-corrected chi connectivity index (χ0v) is 12.1. The van der Waals surface area contributed by atoms with E-state index < -0.39 is 0 Å². The van der Waals surface area contributed by atoms with Crippen molar-refractivity contribution in [1.82, 2.24) is 5.32 Å². The lowest BCUT2D eigenvalue weighted by Gasteiger charge is -2.22. The first-order valence-corrected chi connectivity index (χ1v) is 7.04. The average molecular weight is 249 g/mol. The van der Waals surface area contributed by atoms with Gasteiger partial charge in [0.25, 0.3) is 0 Å². The van der Waals surface area contributed by atoms with E-state index in [0.29, 0.717) is 12.0 Å². The minimum atomic E-state index is 0.164. The predicted octanol–water partition coefficient (Wildman–Crippen LogP) is 3.79.